The van der Waals surface area contributed by atoms with Crippen molar-refractivity contribution in [3.05, 3.63) is 75.4 Å². The number of aromatic nitrogens is 3. The Bertz CT molecular complexity index is 1330. The molecule has 1 N–H and O–H groups in total. The van der Waals surface area contributed by atoms with Crippen LogP contribution in [0.2, 0.25) is 0 Å². The third-order valence-corrected chi connectivity index (χ3v) is 6.83. The molecule has 8 heteroatoms. The van der Waals surface area contributed by atoms with Crippen molar-refractivity contribution in [2.24, 2.45) is 0 Å². The van der Waals surface area contributed by atoms with Gasteiger partial charge in [0.15, 0.2) is 4.83 Å². The largest absolute Gasteiger partial charge is 0.457 e. The maximum absolute atomic E-state index is 13.1. The quantitative estimate of drug-likeness (QED) is 0.479. The van der Waals surface area contributed by atoms with Gasteiger partial charge in [-0.1, -0.05) is 23.4 Å². The molecule has 1 aliphatic rings. The molecule has 0 saturated carbocycles. The first-order valence-corrected chi connectivity index (χ1v) is 11.5. The molecule has 32 heavy (non-hydrogen) atoms. The number of rotatable bonds is 5. The molecule has 162 valence electrons. The summed E-state index contributed by atoms with van der Waals surface area (Å²) < 4.78 is 6.96. The van der Waals surface area contributed by atoms with Crippen LogP contribution >= 0.6 is 11.3 Å². The van der Waals surface area contributed by atoms with Gasteiger partial charge in [-0.2, -0.15) is 4.68 Å². The van der Waals surface area contributed by atoms with Crippen molar-refractivity contribution in [2.45, 2.75) is 38.6 Å². The van der Waals surface area contributed by atoms with Crippen LogP contribution in [0, 0.1) is 0 Å². The smallest absolute Gasteiger partial charge is 0.279 e. The number of hydrogen-bond donors (Lipinski definition) is 1. The summed E-state index contributed by atoms with van der Waals surface area (Å²) in [4.78, 5) is 27.9. The molecule has 0 radical (unpaired) electrons. The van der Waals surface area contributed by atoms with Crippen molar-refractivity contribution in [3.8, 4) is 11.5 Å². The van der Waals surface area contributed by atoms with Crippen molar-refractivity contribution in [3.63, 3.8) is 0 Å². The van der Waals surface area contributed by atoms with E-state index >= 15 is 0 Å². The number of benzene rings is 2. The maximum atomic E-state index is 13.1. The van der Waals surface area contributed by atoms with Gasteiger partial charge < -0.3 is 10.1 Å². The number of nitrogens with zero attached hydrogens (tertiary/aromatic N) is 3. The van der Waals surface area contributed by atoms with Gasteiger partial charge in [-0.15, -0.1) is 16.4 Å². The highest BCUT2D eigenvalue weighted by molar-refractivity contribution is 7.18. The fraction of sp³-hybridized carbons (Fsp3) is 0.250. The molecule has 1 aliphatic carbocycles. The average molecular weight is 447 g/mol. The molecular formula is C24H22N4O3S. The van der Waals surface area contributed by atoms with E-state index in [0.29, 0.717) is 21.7 Å². The Hall–Kier alpha value is -3.52. The Labute approximate surface area is 188 Å². The fourth-order valence-electron chi connectivity index (χ4n) is 3.93. The number of hydrogen-bond acceptors (Lipinski definition) is 6. The van der Waals surface area contributed by atoms with Crippen LogP contribution in [0.3, 0.4) is 0 Å². The van der Waals surface area contributed by atoms with E-state index in [4.69, 9.17) is 4.74 Å². The predicted octanol–water partition coefficient (Wildman–Crippen LogP) is 4.72. The zero-order valence-corrected chi connectivity index (χ0v) is 18.4. The van der Waals surface area contributed by atoms with E-state index in [9.17, 15) is 9.59 Å². The first kappa shape index (κ1) is 20.4. The first-order valence-electron chi connectivity index (χ1n) is 10.6. The minimum absolute atomic E-state index is 0.247. The molecule has 0 aliphatic heterocycles. The van der Waals surface area contributed by atoms with Crippen LogP contribution in [-0.4, -0.2) is 20.9 Å². The average Bonchev–Trinajstić information content (AvgIpc) is 3.20. The summed E-state index contributed by atoms with van der Waals surface area (Å²) in [6.07, 6.45) is 4.07. The number of carbonyl (C=O) groups is 1. The number of nitrogens with one attached hydrogen (secondary N) is 1. The molecule has 5 rings (SSSR count). The summed E-state index contributed by atoms with van der Waals surface area (Å²) in [7, 11) is 0. The van der Waals surface area contributed by atoms with Crippen molar-refractivity contribution >= 4 is 33.1 Å². The highest BCUT2D eigenvalue weighted by Crippen LogP contribution is 2.33. The molecule has 2 heterocycles. The molecule has 1 amide bonds. The first-order chi connectivity index (χ1) is 15.6. The van der Waals surface area contributed by atoms with Crippen molar-refractivity contribution in [2.75, 3.05) is 5.32 Å². The number of para-hydroxylation sites is 1. The number of carbonyl (C=O) groups excluding carboxylic acids is 1. The van der Waals surface area contributed by atoms with E-state index in [0.717, 1.165) is 37.0 Å². The van der Waals surface area contributed by atoms with Crippen LogP contribution in [0.5, 0.6) is 11.5 Å². The van der Waals surface area contributed by atoms with Crippen molar-refractivity contribution in [1.29, 1.82) is 0 Å². The van der Waals surface area contributed by atoms with Crippen molar-refractivity contribution < 1.29 is 9.53 Å². The van der Waals surface area contributed by atoms with Gasteiger partial charge in [0.1, 0.15) is 17.5 Å². The summed E-state index contributed by atoms with van der Waals surface area (Å²) in [5, 5.41) is 11.8. The minimum atomic E-state index is -0.793. The summed E-state index contributed by atoms with van der Waals surface area (Å²) in [6, 6.07) is 15.8. The molecule has 0 fully saturated rings. The van der Waals surface area contributed by atoms with Gasteiger partial charge in [-0.3, -0.25) is 9.59 Å². The lowest BCUT2D eigenvalue weighted by Crippen LogP contribution is -2.34. The number of amides is 1. The molecule has 7 nitrogen and oxygen atoms in total. The van der Waals surface area contributed by atoms with Crippen LogP contribution in [0.1, 0.15) is 36.2 Å². The number of fused-ring (bicyclic) bond motifs is 3. The number of thiophene rings is 1. The summed E-state index contributed by atoms with van der Waals surface area (Å²) in [5.41, 5.74) is 1.45. The number of aryl methyl sites for hydroxylation is 2. The Balaban J connectivity index is 1.33. The van der Waals surface area contributed by atoms with E-state index < -0.39 is 6.04 Å². The van der Waals surface area contributed by atoms with Crippen LogP contribution in [0.25, 0.3) is 10.2 Å². The summed E-state index contributed by atoms with van der Waals surface area (Å²) >= 11 is 1.55. The lowest BCUT2D eigenvalue weighted by Gasteiger charge is -2.14. The SMILES string of the molecule is C[C@H](C(=O)Nc1ccc(Oc2ccccc2)cc1)n1nnc2sc3c(c2c1=O)CCCC3. The zero-order chi connectivity index (χ0) is 22.1. The Morgan fingerprint density at radius 3 is 2.56 bits per heavy atom. The Morgan fingerprint density at radius 1 is 1.06 bits per heavy atom. The molecular weight excluding hydrogens is 424 g/mol. The lowest BCUT2D eigenvalue weighted by atomic mass is 9.97. The van der Waals surface area contributed by atoms with E-state index in [-0.39, 0.29) is 11.5 Å². The molecule has 4 aromatic rings. The Morgan fingerprint density at radius 2 is 1.78 bits per heavy atom. The summed E-state index contributed by atoms with van der Waals surface area (Å²) in [5.74, 6) is 1.07. The van der Waals surface area contributed by atoms with Gasteiger partial charge in [0.05, 0.1) is 5.39 Å². The van der Waals surface area contributed by atoms with Crippen LogP contribution in [-0.2, 0) is 17.6 Å². The van der Waals surface area contributed by atoms with Gasteiger partial charge >= 0.3 is 0 Å². The third kappa shape index (κ3) is 3.89. The van der Waals surface area contributed by atoms with Crippen LogP contribution < -0.4 is 15.6 Å². The monoisotopic (exact) mass is 446 g/mol. The van der Waals surface area contributed by atoms with Crippen molar-refractivity contribution in [1.82, 2.24) is 15.0 Å². The van der Waals surface area contributed by atoms with Crippen LogP contribution in [0.4, 0.5) is 5.69 Å². The van der Waals surface area contributed by atoms with Gasteiger partial charge in [-0.05, 0) is 74.6 Å². The minimum Gasteiger partial charge on any atom is -0.457 e. The Kier molecular flexibility index (Phi) is 5.45. The van der Waals surface area contributed by atoms with Gasteiger partial charge in [0, 0.05) is 10.6 Å². The molecule has 0 spiro atoms. The van der Waals surface area contributed by atoms with E-state index in [1.54, 1.807) is 42.5 Å². The van der Waals surface area contributed by atoms with Gasteiger partial charge in [-0.25, -0.2) is 0 Å². The summed E-state index contributed by atoms with van der Waals surface area (Å²) in [6.45, 7) is 1.66. The normalized spacial score (nSPS) is 14.0. The molecule has 0 saturated heterocycles. The molecule has 0 unspecified atom stereocenters. The van der Waals surface area contributed by atoms with Crippen LogP contribution in [0.15, 0.2) is 59.4 Å². The number of ether oxygens (including phenoxy) is 1. The van der Waals surface area contributed by atoms with E-state index in [2.05, 4.69) is 15.6 Å². The number of anilines is 1. The second kappa shape index (κ2) is 8.55. The lowest BCUT2D eigenvalue weighted by molar-refractivity contribution is -0.119. The predicted molar refractivity (Wildman–Crippen MR) is 125 cm³/mol. The second-order valence-electron chi connectivity index (χ2n) is 7.83. The molecule has 1 atom stereocenters. The van der Waals surface area contributed by atoms with E-state index in [1.165, 1.54) is 9.56 Å². The zero-order valence-electron chi connectivity index (χ0n) is 17.6. The van der Waals surface area contributed by atoms with Gasteiger partial charge in [0.25, 0.3) is 5.56 Å². The maximum Gasteiger partial charge on any atom is 0.279 e. The van der Waals surface area contributed by atoms with E-state index in [1.807, 2.05) is 30.3 Å². The molecule has 2 aromatic heterocycles. The van der Waals surface area contributed by atoms with Gasteiger partial charge in [0.2, 0.25) is 5.91 Å². The second-order valence-corrected chi connectivity index (χ2v) is 8.92. The highest BCUT2D eigenvalue weighted by atomic mass is 32.1. The fourth-order valence-corrected chi connectivity index (χ4v) is 5.13. The highest BCUT2D eigenvalue weighted by Gasteiger charge is 2.24. The standard InChI is InChI=1S/C24H22N4O3S/c1-15(28-24(30)21-19-9-5-6-10-20(19)32-23(21)26-27-28)22(29)25-16-11-13-18(14-12-16)31-17-7-3-2-4-8-17/h2-4,7-8,11-15H,5-6,9-10H2,1H3,(H,25,29)/t15-/m1/s1. The third-order valence-electron chi connectivity index (χ3n) is 5.65. The molecule has 2 aromatic carbocycles. The molecule has 0 bridgehead atoms. The topological polar surface area (TPSA) is 86.1 Å².